The zero-order valence-corrected chi connectivity index (χ0v) is 11.6. The fourth-order valence-corrected chi connectivity index (χ4v) is 2.65. The molecule has 4 heteroatoms. The number of rotatable bonds is 5. The highest BCUT2D eigenvalue weighted by Gasteiger charge is 2.37. The Kier molecular flexibility index (Phi) is 4.56. The van der Waals surface area contributed by atoms with Crippen molar-refractivity contribution in [1.29, 1.82) is 0 Å². The Bertz CT molecular complexity index is 430. The molecule has 1 aliphatic heterocycles. The van der Waals surface area contributed by atoms with Crippen molar-refractivity contribution in [3.8, 4) is 0 Å². The van der Waals surface area contributed by atoms with Gasteiger partial charge in [0.15, 0.2) is 0 Å². The maximum absolute atomic E-state index is 12.0. The van der Waals surface area contributed by atoms with Crippen LogP contribution in [-0.4, -0.2) is 37.1 Å². The number of nitrogens with two attached hydrogens (primary N) is 1. The molecule has 1 fully saturated rings. The van der Waals surface area contributed by atoms with Crippen LogP contribution in [0.15, 0.2) is 24.3 Å². The lowest BCUT2D eigenvalue weighted by molar-refractivity contribution is -0.129. The molecule has 0 aromatic heterocycles. The zero-order valence-electron chi connectivity index (χ0n) is 11.6. The molecule has 4 nitrogen and oxygen atoms in total. The summed E-state index contributed by atoms with van der Waals surface area (Å²) in [5.41, 5.74) is 8.48. The van der Waals surface area contributed by atoms with Crippen LogP contribution >= 0.6 is 0 Å². The van der Waals surface area contributed by atoms with Gasteiger partial charge in [0.25, 0.3) is 0 Å². The first-order chi connectivity index (χ1) is 9.13. The SMILES string of the molecule is COCCCN1C(=O)CC(N)C1c1ccc(C)cc1. The van der Waals surface area contributed by atoms with Gasteiger partial charge in [-0.05, 0) is 18.9 Å². The highest BCUT2D eigenvalue weighted by atomic mass is 16.5. The van der Waals surface area contributed by atoms with Crippen molar-refractivity contribution in [2.75, 3.05) is 20.3 Å². The van der Waals surface area contributed by atoms with Crippen molar-refractivity contribution in [3.63, 3.8) is 0 Å². The average Bonchev–Trinajstić information content (AvgIpc) is 2.66. The lowest BCUT2D eigenvalue weighted by atomic mass is 9.99. The van der Waals surface area contributed by atoms with Crippen molar-refractivity contribution < 1.29 is 9.53 Å². The third kappa shape index (κ3) is 3.14. The molecule has 19 heavy (non-hydrogen) atoms. The van der Waals surface area contributed by atoms with E-state index in [0.29, 0.717) is 19.6 Å². The quantitative estimate of drug-likeness (QED) is 0.821. The van der Waals surface area contributed by atoms with E-state index < -0.39 is 0 Å². The predicted octanol–water partition coefficient (Wildman–Crippen LogP) is 1.63. The number of carbonyl (C=O) groups excluding carboxylic acids is 1. The Morgan fingerprint density at radius 3 is 2.68 bits per heavy atom. The van der Waals surface area contributed by atoms with E-state index in [1.54, 1.807) is 7.11 Å². The lowest BCUT2D eigenvalue weighted by Crippen LogP contribution is -2.34. The number of aryl methyl sites for hydroxylation is 1. The number of hydrogen-bond acceptors (Lipinski definition) is 3. The molecule has 2 rings (SSSR count). The first kappa shape index (κ1) is 14.0. The molecule has 1 saturated heterocycles. The second-order valence-electron chi connectivity index (χ2n) is 5.16. The summed E-state index contributed by atoms with van der Waals surface area (Å²) in [7, 11) is 1.68. The minimum Gasteiger partial charge on any atom is -0.385 e. The lowest BCUT2D eigenvalue weighted by Gasteiger charge is -2.27. The van der Waals surface area contributed by atoms with Gasteiger partial charge in [-0.25, -0.2) is 0 Å². The Morgan fingerprint density at radius 1 is 1.37 bits per heavy atom. The maximum atomic E-state index is 12.0. The molecule has 0 radical (unpaired) electrons. The number of ether oxygens (including phenoxy) is 1. The van der Waals surface area contributed by atoms with E-state index in [0.717, 1.165) is 12.0 Å². The fraction of sp³-hybridized carbons (Fsp3) is 0.533. The van der Waals surface area contributed by atoms with Gasteiger partial charge in [-0.1, -0.05) is 29.8 Å². The van der Waals surface area contributed by atoms with E-state index in [1.807, 2.05) is 4.90 Å². The second kappa shape index (κ2) is 6.17. The topological polar surface area (TPSA) is 55.6 Å². The minimum atomic E-state index is -0.113. The van der Waals surface area contributed by atoms with Crippen LogP contribution in [-0.2, 0) is 9.53 Å². The summed E-state index contributed by atoms with van der Waals surface area (Å²) in [5, 5.41) is 0. The number of hydrogen-bond donors (Lipinski definition) is 1. The molecule has 0 saturated carbocycles. The molecule has 2 atom stereocenters. The van der Waals surface area contributed by atoms with Crippen LogP contribution in [0.5, 0.6) is 0 Å². The molecule has 2 unspecified atom stereocenters. The van der Waals surface area contributed by atoms with Gasteiger partial charge >= 0.3 is 0 Å². The zero-order chi connectivity index (χ0) is 13.8. The van der Waals surface area contributed by atoms with E-state index in [4.69, 9.17) is 10.5 Å². The molecule has 1 aromatic rings. The van der Waals surface area contributed by atoms with Gasteiger partial charge < -0.3 is 15.4 Å². The molecule has 1 amide bonds. The number of nitrogens with zero attached hydrogens (tertiary/aromatic N) is 1. The molecule has 1 aromatic carbocycles. The van der Waals surface area contributed by atoms with Crippen molar-refractivity contribution >= 4 is 5.91 Å². The van der Waals surface area contributed by atoms with Crippen molar-refractivity contribution in [3.05, 3.63) is 35.4 Å². The Hall–Kier alpha value is -1.39. The van der Waals surface area contributed by atoms with Crippen LogP contribution < -0.4 is 5.73 Å². The van der Waals surface area contributed by atoms with Gasteiger partial charge in [-0.15, -0.1) is 0 Å². The van der Waals surface area contributed by atoms with Crippen LogP contribution in [0.3, 0.4) is 0 Å². The normalized spacial score (nSPS) is 23.1. The fourth-order valence-electron chi connectivity index (χ4n) is 2.65. The molecular formula is C15H22N2O2. The molecule has 0 bridgehead atoms. The van der Waals surface area contributed by atoms with Crippen LogP contribution in [0.1, 0.15) is 30.0 Å². The summed E-state index contributed by atoms with van der Waals surface area (Å²) in [4.78, 5) is 13.9. The number of carbonyl (C=O) groups is 1. The summed E-state index contributed by atoms with van der Waals surface area (Å²) in [6.45, 7) is 3.43. The summed E-state index contributed by atoms with van der Waals surface area (Å²) < 4.78 is 5.05. The minimum absolute atomic E-state index is 0.00459. The highest BCUT2D eigenvalue weighted by Crippen LogP contribution is 2.32. The molecule has 1 aliphatic rings. The van der Waals surface area contributed by atoms with E-state index in [-0.39, 0.29) is 18.0 Å². The molecule has 104 valence electrons. The van der Waals surface area contributed by atoms with E-state index >= 15 is 0 Å². The van der Waals surface area contributed by atoms with E-state index in [9.17, 15) is 4.79 Å². The smallest absolute Gasteiger partial charge is 0.224 e. The summed E-state index contributed by atoms with van der Waals surface area (Å²) >= 11 is 0. The standard InChI is InChI=1S/C15H22N2O2/c1-11-4-6-12(7-5-11)15-13(16)10-14(18)17(15)8-3-9-19-2/h4-7,13,15H,3,8-10,16H2,1-2H3. The summed E-state index contributed by atoms with van der Waals surface area (Å²) in [6.07, 6.45) is 1.28. The number of methoxy groups -OCH3 is 1. The Labute approximate surface area is 114 Å². The van der Waals surface area contributed by atoms with Crippen molar-refractivity contribution in [2.24, 2.45) is 5.73 Å². The first-order valence-electron chi connectivity index (χ1n) is 6.74. The third-order valence-electron chi connectivity index (χ3n) is 3.64. The van der Waals surface area contributed by atoms with Gasteiger partial charge in [0.05, 0.1) is 6.04 Å². The Balaban J connectivity index is 2.14. The third-order valence-corrected chi connectivity index (χ3v) is 3.64. The van der Waals surface area contributed by atoms with Crippen LogP contribution in [0, 0.1) is 6.92 Å². The number of likely N-dealkylation sites (tertiary alicyclic amines) is 1. The van der Waals surface area contributed by atoms with Crippen molar-refractivity contribution in [2.45, 2.75) is 31.8 Å². The molecule has 0 aliphatic carbocycles. The molecule has 0 spiro atoms. The van der Waals surface area contributed by atoms with Gasteiger partial charge in [0.2, 0.25) is 5.91 Å². The van der Waals surface area contributed by atoms with Crippen molar-refractivity contribution in [1.82, 2.24) is 4.90 Å². The first-order valence-corrected chi connectivity index (χ1v) is 6.74. The average molecular weight is 262 g/mol. The van der Waals surface area contributed by atoms with Gasteiger partial charge in [-0.3, -0.25) is 4.79 Å². The van der Waals surface area contributed by atoms with Gasteiger partial charge in [0.1, 0.15) is 0 Å². The van der Waals surface area contributed by atoms with Gasteiger partial charge in [-0.2, -0.15) is 0 Å². The molecule has 1 heterocycles. The monoisotopic (exact) mass is 262 g/mol. The van der Waals surface area contributed by atoms with Crippen LogP contribution in [0.25, 0.3) is 0 Å². The van der Waals surface area contributed by atoms with Crippen LogP contribution in [0.2, 0.25) is 0 Å². The maximum Gasteiger partial charge on any atom is 0.224 e. The number of amides is 1. The predicted molar refractivity (Wildman–Crippen MR) is 74.7 cm³/mol. The van der Waals surface area contributed by atoms with Crippen LogP contribution in [0.4, 0.5) is 0 Å². The Morgan fingerprint density at radius 2 is 2.05 bits per heavy atom. The number of benzene rings is 1. The van der Waals surface area contributed by atoms with E-state index in [2.05, 4.69) is 31.2 Å². The summed E-state index contributed by atoms with van der Waals surface area (Å²) in [6, 6.07) is 8.17. The summed E-state index contributed by atoms with van der Waals surface area (Å²) in [5.74, 6) is 0.147. The van der Waals surface area contributed by atoms with Gasteiger partial charge in [0, 0.05) is 32.7 Å². The largest absolute Gasteiger partial charge is 0.385 e. The molecule has 2 N–H and O–H groups in total. The second-order valence-corrected chi connectivity index (χ2v) is 5.16. The highest BCUT2D eigenvalue weighted by molar-refractivity contribution is 5.80. The van der Waals surface area contributed by atoms with E-state index in [1.165, 1.54) is 5.56 Å². The molecular weight excluding hydrogens is 240 g/mol.